The molecular weight excluding hydrogens is 259 g/mol. The van der Waals surface area contributed by atoms with E-state index in [4.69, 9.17) is 4.42 Å². The lowest BCUT2D eigenvalue weighted by Crippen LogP contribution is -2.39. The number of hydrogen-bond acceptors (Lipinski definition) is 4. The third-order valence-electron chi connectivity index (χ3n) is 2.49. The Hall–Kier alpha value is -1.24. The van der Waals surface area contributed by atoms with E-state index in [-0.39, 0.29) is 12.1 Å². The normalized spacial score (nSPS) is 12.2. The van der Waals surface area contributed by atoms with Crippen LogP contribution in [0.4, 0.5) is 19.2 Å². The Morgan fingerprint density at radius 1 is 1.42 bits per heavy atom. The molecule has 0 unspecified atom stereocenters. The van der Waals surface area contributed by atoms with E-state index >= 15 is 0 Å². The third kappa shape index (κ3) is 5.50. The molecule has 0 amide bonds. The first kappa shape index (κ1) is 15.8. The summed E-state index contributed by atoms with van der Waals surface area (Å²) >= 11 is 0. The number of alkyl halides is 3. The fourth-order valence-corrected chi connectivity index (χ4v) is 1.57. The zero-order valence-electron chi connectivity index (χ0n) is 11.4. The zero-order valence-corrected chi connectivity index (χ0v) is 11.4. The molecule has 0 aliphatic rings. The molecule has 1 aromatic rings. The number of rotatable bonds is 7. The molecule has 0 atom stereocenters. The molecular formula is C12H20F3N3O. The summed E-state index contributed by atoms with van der Waals surface area (Å²) in [5.74, 6) is 0. The van der Waals surface area contributed by atoms with Crippen LogP contribution in [0.2, 0.25) is 0 Å². The van der Waals surface area contributed by atoms with E-state index in [1.54, 1.807) is 13.8 Å². The Balaban J connectivity index is 2.69. The summed E-state index contributed by atoms with van der Waals surface area (Å²) in [5, 5.41) is 3.12. The van der Waals surface area contributed by atoms with Crippen molar-refractivity contribution in [2.75, 3.05) is 18.0 Å². The zero-order chi connectivity index (χ0) is 14.5. The average Bonchev–Trinajstić information content (AvgIpc) is 2.73. The van der Waals surface area contributed by atoms with Gasteiger partial charge in [0.15, 0.2) is 0 Å². The molecule has 0 radical (unpaired) electrons. The molecule has 110 valence electrons. The van der Waals surface area contributed by atoms with Crippen LogP contribution in [-0.4, -0.2) is 30.3 Å². The van der Waals surface area contributed by atoms with Crippen molar-refractivity contribution in [1.82, 2.24) is 10.3 Å². The van der Waals surface area contributed by atoms with E-state index in [2.05, 4.69) is 10.3 Å². The Labute approximate surface area is 111 Å². The van der Waals surface area contributed by atoms with Gasteiger partial charge in [-0.05, 0) is 26.8 Å². The summed E-state index contributed by atoms with van der Waals surface area (Å²) in [7, 11) is 0. The molecule has 1 N–H and O–H groups in total. The molecule has 0 spiro atoms. The highest BCUT2D eigenvalue weighted by molar-refractivity contribution is 5.28. The van der Waals surface area contributed by atoms with Crippen LogP contribution in [-0.2, 0) is 6.54 Å². The highest BCUT2D eigenvalue weighted by atomic mass is 19.4. The monoisotopic (exact) mass is 279 g/mol. The molecule has 0 fully saturated rings. The molecule has 7 heteroatoms. The smallest absolute Gasteiger partial charge is 0.406 e. The molecule has 0 bridgehead atoms. The Morgan fingerprint density at radius 3 is 2.63 bits per heavy atom. The number of oxazole rings is 1. The predicted molar refractivity (Wildman–Crippen MR) is 67.0 cm³/mol. The van der Waals surface area contributed by atoms with E-state index in [0.717, 1.165) is 17.9 Å². The lowest BCUT2D eigenvalue weighted by molar-refractivity contribution is -0.121. The van der Waals surface area contributed by atoms with Crippen molar-refractivity contribution in [2.45, 2.75) is 46.0 Å². The molecule has 1 heterocycles. The molecule has 4 nitrogen and oxygen atoms in total. The molecule has 0 saturated carbocycles. The highest BCUT2D eigenvalue weighted by Crippen LogP contribution is 2.23. The van der Waals surface area contributed by atoms with Gasteiger partial charge in [0, 0.05) is 12.6 Å². The Kier molecular flexibility index (Phi) is 5.65. The molecule has 19 heavy (non-hydrogen) atoms. The Bertz CT molecular complexity index is 377. The van der Waals surface area contributed by atoms with Gasteiger partial charge in [0.2, 0.25) is 0 Å². The maximum absolute atomic E-state index is 12.5. The fraction of sp³-hybridized carbons (Fsp3) is 0.750. The van der Waals surface area contributed by atoms with E-state index < -0.39 is 12.7 Å². The van der Waals surface area contributed by atoms with Crippen molar-refractivity contribution >= 4 is 6.01 Å². The van der Waals surface area contributed by atoms with Crippen molar-refractivity contribution in [2.24, 2.45) is 0 Å². The quantitative estimate of drug-likeness (QED) is 0.779. The Morgan fingerprint density at radius 2 is 2.11 bits per heavy atom. The molecule has 1 rings (SSSR count). The number of anilines is 1. The van der Waals surface area contributed by atoms with Crippen LogP contribution in [0.3, 0.4) is 0 Å². The van der Waals surface area contributed by atoms with Gasteiger partial charge in [0.05, 0.1) is 5.69 Å². The van der Waals surface area contributed by atoms with Crippen LogP contribution in [0.15, 0.2) is 10.7 Å². The first-order chi connectivity index (χ1) is 8.83. The SMILES string of the molecule is CCCNCc1coc(N(CC(F)(F)F)C(C)C)n1. The van der Waals surface area contributed by atoms with Gasteiger partial charge < -0.3 is 14.6 Å². The summed E-state index contributed by atoms with van der Waals surface area (Å²) < 4.78 is 42.6. The number of aromatic nitrogens is 1. The second-order valence-corrected chi connectivity index (χ2v) is 4.64. The first-order valence-electron chi connectivity index (χ1n) is 6.32. The van der Waals surface area contributed by atoms with Crippen LogP contribution in [0.1, 0.15) is 32.9 Å². The third-order valence-corrected chi connectivity index (χ3v) is 2.49. The number of hydrogen-bond donors (Lipinski definition) is 1. The molecule has 1 aromatic heterocycles. The topological polar surface area (TPSA) is 41.3 Å². The minimum atomic E-state index is -4.28. The van der Waals surface area contributed by atoms with Gasteiger partial charge in [-0.3, -0.25) is 0 Å². The van der Waals surface area contributed by atoms with Crippen molar-refractivity contribution < 1.29 is 17.6 Å². The second kappa shape index (κ2) is 6.79. The fourth-order valence-electron chi connectivity index (χ4n) is 1.57. The number of nitrogens with one attached hydrogen (secondary N) is 1. The van der Waals surface area contributed by atoms with E-state index in [1.807, 2.05) is 6.92 Å². The maximum atomic E-state index is 12.5. The number of nitrogens with zero attached hydrogens (tertiary/aromatic N) is 2. The van der Waals surface area contributed by atoms with Crippen LogP contribution in [0, 0.1) is 0 Å². The van der Waals surface area contributed by atoms with Crippen molar-refractivity contribution in [3.63, 3.8) is 0 Å². The largest absolute Gasteiger partial charge is 0.432 e. The average molecular weight is 279 g/mol. The van der Waals surface area contributed by atoms with Crippen LogP contribution < -0.4 is 10.2 Å². The minimum Gasteiger partial charge on any atom is -0.432 e. The molecule has 0 aliphatic heterocycles. The molecule has 0 aromatic carbocycles. The van der Waals surface area contributed by atoms with Gasteiger partial charge in [0.1, 0.15) is 12.8 Å². The van der Waals surface area contributed by atoms with Gasteiger partial charge in [-0.25, -0.2) is 0 Å². The second-order valence-electron chi connectivity index (χ2n) is 4.64. The minimum absolute atomic E-state index is 0.0145. The van der Waals surface area contributed by atoms with Gasteiger partial charge in [-0.15, -0.1) is 0 Å². The van der Waals surface area contributed by atoms with Crippen LogP contribution in [0.5, 0.6) is 0 Å². The van der Waals surface area contributed by atoms with E-state index in [9.17, 15) is 13.2 Å². The first-order valence-corrected chi connectivity index (χ1v) is 6.32. The predicted octanol–water partition coefficient (Wildman–Crippen LogP) is 2.95. The van der Waals surface area contributed by atoms with Gasteiger partial charge >= 0.3 is 6.18 Å². The van der Waals surface area contributed by atoms with Gasteiger partial charge in [-0.1, -0.05) is 6.92 Å². The summed E-state index contributed by atoms with van der Waals surface area (Å²) in [5.41, 5.74) is 0.608. The highest BCUT2D eigenvalue weighted by Gasteiger charge is 2.33. The number of halogens is 3. The molecule has 0 saturated heterocycles. The van der Waals surface area contributed by atoms with Gasteiger partial charge in [-0.2, -0.15) is 18.2 Å². The van der Waals surface area contributed by atoms with Crippen molar-refractivity contribution in [3.05, 3.63) is 12.0 Å². The van der Waals surface area contributed by atoms with Crippen LogP contribution in [0.25, 0.3) is 0 Å². The molecule has 0 aliphatic carbocycles. The van der Waals surface area contributed by atoms with Gasteiger partial charge in [0.25, 0.3) is 6.01 Å². The summed E-state index contributed by atoms with van der Waals surface area (Å²) in [4.78, 5) is 5.19. The van der Waals surface area contributed by atoms with Crippen LogP contribution >= 0.6 is 0 Å². The summed E-state index contributed by atoms with van der Waals surface area (Å²) in [6.07, 6.45) is -1.90. The van der Waals surface area contributed by atoms with Crippen molar-refractivity contribution in [3.8, 4) is 0 Å². The maximum Gasteiger partial charge on any atom is 0.406 e. The standard InChI is InChI=1S/C12H20F3N3O/c1-4-5-16-6-10-7-19-11(17-10)18(9(2)3)8-12(13,14)15/h7,9,16H,4-6,8H2,1-3H3. The van der Waals surface area contributed by atoms with E-state index in [1.165, 1.54) is 6.26 Å². The lowest BCUT2D eigenvalue weighted by Gasteiger charge is -2.25. The summed E-state index contributed by atoms with van der Waals surface area (Å²) in [6, 6.07) is -0.322. The lowest BCUT2D eigenvalue weighted by atomic mass is 10.3. The van der Waals surface area contributed by atoms with Crippen molar-refractivity contribution in [1.29, 1.82) is 0 Å². The summed E-state index contributed by atoms with van der Waals surface area (Å²) in [6.45, 7) is 5.64. The van der Waals surface area contributed by atoms with E-state index in [0.29, 0.717) is 12.2 Å².